The highest BCUT2D eigenvalue weighted by Gasteiger charge is 2.19. The third kappa shape index (κ3) is 4.36. The second-order valence-corrected chi connectivity index (χ2v) is 7.92. The van der Waals surface area contributed by atoms with Gasteiger partial charge in [-0.2, -0.15) is 0 Å². The van der Waals surface area contributed by atoms with E-state index in [9.17, 15) is 4.79 Å². The maximum absolute atomic E-state index is 12.7. The number of halogens is 2. The zero-order valence-electron chi connectivity index (χ0n) is 16.9. The molecule has 0 saturated heterocycles. The van der Waals surface area contributed by atoms with Crippen molar-refractivity contribution in [3.63, 3.8) is 0 Å². The van der Waals surface area contributed by atoms with Crippen LogP contribution in [-0.2, 0) is 11.2 Å². The van der Waals surface area contributed by atoms with Crippen molar-refractivity contribution in [3.8, 4) is 5.75 Å². The highest BCUT2D eigenvalue weighted by Crippen LogP contribution is 2.32. The molecule has 158 valence electrons. The van der Waals surface area contributed by atoms with Gasteiger partial charge in [0.15, 0.2) is 0 Å². The third-order valence-electron chi connectivity index (χ3n) is 5.11. The van der Waals surface area contributed by atoms with Crippen LogP contribution in [0.3, 0.4) is 0 Å². The highest BCUT2D eigenvalue weighted by molar-refractivity contribution is 6.39. The normalized spacial score (nSPS) is 12.0. The number of H-pyrrole nitrogens is 1. The van der Waals surface area contributed by atoms with Gasteiger partial charge >= 0.3 is 0 Å². The van der Waals surface area contributed by atoms with Crippen molar-refractivity contribution in [2.24, 2.45) is 0 Å². The van der Waals surface area contributed by atoms with Gasteiger partial charge in [-0.3, -0.25) is 9.78 Å². The monoisotopic (exact) mass is 454 g/mol. The van der Waals surface area contributed by atoms with Crippen LogP contribution in [-0.4, -0.2) is 28.0 Å². The largest absolute Gasteiger partial charge is 0.494 e. The Bertz CT molecular complexity index is 1220. The summed E-state index contributed by atoms with van der Waals surface area (Å²) < 4.78 is 5.50. The smallest absolute Gasteiger partial charge is 0.228 e. The van der Waals surface area contributed by atoms with Crippen molar-refractivity contribution in [2.45, 2.75) is 19.3 Å². The topological polar surface area (TPSA) is 79.9 Å². The van der Waals surface area contributed by atoms with E-state index in [1.807, 2.05) is 30.3 Å². The maximum Gasteiger partial charge on any atom is 0.228 e. The molecule has 0 spiro atoms. The summed E-state index contributed by atoms with van der Waals surface area (Å²) in [5.74, 6) is 1.25. The Balaban J connectivity index is 1.66. The number of anilines is 1. The molecule has 4 rings (SSSR count). The lowest BCUT2D eigenvalue weighted by molar-refractivity contribution is -0.115. The second-order valence-electron chi connectivity index (χ2n) is 7.11. The lowest BCUT2D eigenvalue weighted by Gasteiger charge is -2.09. The standard InChI is InChI=1S/C23H20Cl2N4O2/c1-13(14-6-4-3-5-7-14)23-28-20-15(8-9-18(31-2)22(20)29-23)10-19(30)27-21-16(24)11-26-12-17(21)25/h3-9,11-13H,10H2,1-2H3,(H,28,29)(H,26,27,30)/t13-/m0/s1. The van der Waals surface area contributed by atoms with E-state index in [0.29, 0.717) is 17.0 Å². The lowest BCUT2D eigenvalue weighted by Crippen LogP contribution is -2.15. The van der Waals surface area contributed by atoms with Gasteiger partial charge in [0, 0.05) is 18.3 Å². The number of nitrogens with one attached hydrogen (secondary N) is 2. The number of imidazole rings is 1. The van der Waals surface area contributed by atoms with Gasteiger partial charge in [0.25, 0.3) is 0 Å². The summed E-state index contributed by atoms with van der Waals surface area (Å²) in [6.07, 6.45) is 2.96. The number of ether oxygens (including phenoxy) is 1. The molecule has 0 bridgehead atoms. The van der Waals surface area contributed by atoms with E-state index in [0.717, 1.165) is 22.5 Å². The van der Waals surface area contributed by atoms with Gasteiger partial charge in [0.05, 0.1) is 34.8 Å². The van der Waals surface area contributed by atoms with E-state index in [1.165, 1.54) is 12.4 Å². The van der Waals surface area contributed by atoms with Crippen molar-refractivity contribution in [3.05, 3.63) is 81.9 Å². The Morgan fingerprint density at radius 1 is 1.13 bits per heavy atom. The van der Waals surface area contributed by atoms with Gasteiger partial charge in [0.2, 0.25) is 5.91 Å². The van der Waals surface area contributed by atoms with Crippen LogP contribution in [0, 0.1) is 0 Å². The Morgan fingerprint density at radius 2 is 1.84 bits per heavy atom. The number of aromatic amines is 1. The van der Waals surface area contributed by atoms with Crippen LogP contribution in [0.15, 0.2) is 54.9 Å². The van der Waals surface area contributed by atoms with Crippen LogP contribution >= 0.6 is 23.2 Å². The van der Waals surface area contributed by atoms with Crippen molar-refractivity contribution in [1.82, 2.24) is 15.0 Å². The van der Waals surface area contributed by atoms with Gasteiger partial charge in [-0.1, -0.05) is 66.5 Å². The zero-order chi connectivity index (χ0) is 22.0. The molecule has 0 aliphatic heterocycles. The van der Waals surface area contributed by atoms with E-state index >= 15 is 0 Å². The molecule has 6 nitrogen and oxygen atoms in total. The van der Waals surface area contributed by atoms with E-state index in [2.05, 4.69) is 34.3 Å². The van der Waals surface area contributed by atoms with Gasteiger partial charge in [-0.05, 0) is 17.2 Å². The molecule has 2 aromatic carbocycles. The molecule has 1 amide bonds. The van der Waals surface area contributed by atoms with Gasteiger partial charge < -0.3 is 15.0 Å². The van der Waals surface area contributed by atoms with E-state index in [1.54, 1.807) is 7.11 Å². The molecular formula is C23H20Cl2N4O2. The van der Waals surface area contributed by atoms with Crippen LogP contribution < -0.4 is 10.1 Å². The molecule has 8 heteroatoms. The van der Waals surface area contributed by atoms with Crippen LogP contribution in [0.4, 0.5) is 5.69 Å². The summed E-state index contributed by atoms with van der Waals surface area (Å²) in [6, 6.07) is 13.8. The molecule has 4 aromatic rings. The first kappa shape index (κ1) is 21.2. The number of hydrogen-bond acceptors (Lipinski definition) is 4. The van der Waals surface area contributed by atoms with Gasteiger partial charge in [-0.25, -0.2) is 4.98 Å². The lowest BCUT2D eigenvalue weighted by atomic mass is 10.0. The number of methoxy groups -OCH3 is 1. The number of nitrogens with zero attached hydrogens (tertiary/aromatic N) is 2. The molecule has 2 aromatic heterocycles. The van der Waals surface area contributed by atoms with E-state index in [4.69, 9.17) is 32.9 Å². The average Bonchev–Trinajstić information content (AvgIpc) is 3.23. The molecule has 31 heavy (non-hydrogen) atoms. The van der Waals surface area contributed by atoms with Crippen molar-refractivity contribution in [2.75, 3.05) is 12.4 Å². The first-order chi connectivity index (χ1) is 15.0. The summed E-state index contributed by atoms with van der Waals surface area (Å²) in [5, 5.41) is 3.32. The molecule has 0 fully saturated rings. The SMILES string of the molecule is COc1ccc(CC(=O)Nc2c(Cl)cncc2Cl)c2nc([C@@H](C)c3ccccc3)[nH]c12. The summed E-state index contributed by atoms with van der Waals surface area (Å²) in [4.78, 5) is 24.8. The number of amides is 1. The number of aromatic nitrogens is 3. The number of pyridine rings is 1. The molecule has 2 heterocycles. The maximum atomic E-state index is 12.7. The highest BCUT2D eigenvalue weighted by atomic mass is 35.5. The van der Waals surface area contributed by atoms with E-state index < -0.39 is 0 Å². The van der Waals surface area contributed by atoms with E-state index in [-0.39, 0.29) is 28.3 Å². The molecule has 0 unspecified atom stereocenters. The molecule has 0 radical (unpaired) electrons. The van der Waals surface area contributed by atoms with Crippen molar-refractivity contribution < 1.29 is 9.53 Å². The first-order valence-electron chi connectivity index (χ1n) is 9.67. The number of carbonyl (C=O) groups excluding carboxylic acids is 1. The predicted molar refractivity (Wildman–Crippen MR) is 123 cm³/mol. The fourth-order valence-corrected chi connectivity index (χ4v) is 3.90. The number of fused-ring (bicyclic) bond motifs is 1. The van der Waals surface area contributed by atoms with Crippen LogP contribution in [0.25, 0.3) is 11.0 Å². The summed E-state index contributed by atoms with van der Waals surface area (Å²) in [5.41, 5.74) is 3.69. The van der Waals surface area contributed by atoms with Crippen molar-refractivity contribution >= 4 is 45.8 Å². The number of carbonyl (C=O) groups is 1. The van der Waals surface area contributed by atoms with Crippen LogP contribution in [0.2, 0.25) is 10.0 Å². The molecule has 0 aliphatic rings. The van der Waals surface area contributed by atoms with Gasteiger partial charge in [-0.15, -0.1) is 0 Å². The molecule has 1 atom stereocenters. The van der Waals surface area contributed by atoms with Gasteiger partial charge in [0.1, 0.15) is 17.1 Å². The fourth-order valence-electron chi connectivity index (χ4n) is 3.45. The third-order valence-corrected chi connectivity index (χ3v) is 5.68. The molecule has 0 aliphatic carbocycles. The summed E-state index contributed by atoms with van der Waals surface area (Å²) >= 11 is 12.2. The zero-order valence-corrected chi connectivity index (χ0v) is 18.5. The fraction of sp³-hybridized carbons (Fsp3) is 0.174. The minimum atomic E-state index is -0.262. The Hall–Kier alpha value is -3.09. The van der Waals surface area contributed by atoms with Crippen molar-refractivity contribution in [1.29, 1.82) is 0 Å². The first-order valence-corrected chi connectivity index (χ1v) is 10.4. The van der Waals surface area contributed by atoms with Crippen LogP contribution in [0.1, 0.15) is 29.8 Å². The summed E-state index contributed by atoms with van der Waals surface area (Å²) in [6.45, 7) is 2.08. The number of hydrogen-bond donors (Lipinski definition) is 2. The Morgan fingerprint density at radius 3 is 2.52 bits per heavy atom. The number of benzene rings is 2. The predicted octanol–water partition coefficient (Wildman–Crippen LogP) is 5.61. The minimum absolute atomic E-state index is 0.0504. The number of rotatable bonds is 6. The molecule has 2 N–H and O–H groups in total. The molecular weight excluding hydrogens is 435 g/mol. The summed E-state index contributed by atoms with van der Waals surface area (Å²) in [7, 11) is 1.61. The second kappa shape index (κ2) is 8.96. The Kier molecular flexibility index (Phi) is 6.11. The average molecular weight is 455 g/mol. The van der Waals surface area contributed by atoms with Crippen LogP contribution in [0.5, 0.6) is 5.75 Å². The minimum Gasteiger partial charge on any atom is -0.494 e. The quantitative estimate of drug-likeness (QED) is 0.396. The molecule has 0 saturated carbocycles. The Labute approximate surface area is 189 Å².